The molecule has 0 spiro atoms. The average Bonchev–Trinajstić information content (AvgIpc) is 2.15. The summed E-state index contributed by atoms with van der Waals surface area (Å²) >= 11 is 0. The lowest BCUT2D eigenvalue weighted by molar-refractivity contribution is 0.616. The number of hydrogen-bond donors (Lipinski definition) is 1. The van der Waals surface area contributed by atoms with Crippen molar-refractivity contribution in [3.8, 4) is 0 Å². The largest absolute Gasteiger partial charge is 0.382 e. The molecule has 76 valence electrons. The zero-order valence-electron chi connectivity index (χ0n) is 9.04. The molecule has 1 rings (SSSR count). The summed E-state index contributed by atoms with van der Waals surface area (Å²) in [6, 6.07) is 0. The van der Waals surface area contributed by atoms with Crippen LogP contribution in [0.5, 0.6) is 0 Å². The Balaban J connectivity index is 2.57. The maximum absolute atomic E-state index is 4.18. The highest BCUT2D eigenvalue weighted by molar-refractivity contribution is 5.54. The monoisotopic (exact) mass is 191 g/mol. The van der Waals surface area contributed by atoms with E-state index < -0.39 is 0 Å². The van der Waals surface area contributed by atoms with Gasteiger partial charge in [0.2, 0.25) is 0 Å². The van der Waals surface area contributed by atoms with Gasteiger partial charge in [0.25, 0.3) is 0 Å². The second kappa shape index (κ2) is 4.74. The third-order valence-corrected chi connectivity index (χ3v) is 1.77. The molecule has 0 unspecified atom stereocenters. The molecule has 3 nitrogen and oxygen atoms in total. The molecule has 1 aromatic rings. The van der Waals surface area contributed by atoms with Crippen LogP contribution in [0.25, 0.3) is 5.70 Å². The predicted octanol–water partition coefficient (Wildman–Crippen LogP) is 2.00. The van der Waals surface area contributed by atoms with Gasteiger partial charge in [0, 0.05) is 18.9 Å². The molecule has 14 heavy (non-hydrogen) atoms. The minimum Gasteiger partial charge on any atom is -0.382 e. The second-order valence-corrected chi connectivity index (χ2v) is 3.84. The fourth-order valence-electron chi connectivity index (χ4n) is 0.955. The van der Waals surface area contributed by atoms with E-state index in [4.69, 9.17) is 0 Å². The predicted molar refractivity (Wildman–Crippen MR) is 58.6 cm³/mol. The zero-order chi connectivity index (χ0) is 10.6. The van der Waals surface area contributed by atoms with Crippen LogP contribution in [-0.4, -0.2) is 16.5 Å². The molecule has 0 aromatic carbocycles. The quantitative estimate of drug-likeness (QED) is 0.791. The third kappa shape index (κ3) is 3.17. The maximum Gasteiger partial charge on any atom is 0.174 e. The molecule has 0 atom stereocenters. The van der Waals surface area contributed by atoms with Crippen LogP contribution in [0.1, 0.15) is 25.2 Å². The minimum atomic E-state index is 0.595. The number of nitrogens with one attached hydrogen (secondary N) is 1. The van der Waals surface area contributed by atoms with Crippen molar-refractivity contribution in [1.29, 1.82) is 0 Å². The number of nitrogens with zero attached hydrogens (tertiary/aromatic N) is 2. The van der Waals surface area contributed by atoms with Gasteiger partial charge in [-0.1, -0.05) is 20.4 Å². The Bertz CT molecular complexity index is 301. The van der Waals surface area contributed by atoms with Gasteiger partial charge in [0.05, 0.1) is 5.70 Å². The Morgan fingerprint density at radius 1 is 1.43 bits per heavy atom. The van der Waals surface area contributed by atoms with Crippen LogP contribution in [0.2, 0.25) is 0 Å². The highest BCUT2D eigenvalue weighted by atomic mass is 15.0. The topological polar surface area (TPSA) is 37.8 Å². The fraction of sp³-hybridized carbons (Fsp3) is 0.455. The van der Waals surface area contributed by atoms with Crippen molar-refractivity contribution < 1.29 is 0 Å². The van der Waals surface area contributed by atoms with E-state index in [-0.39, 0.29) is 0 Å². The maximum atomic E-state index is 4.18. The molecule has 0 amide bonds. The van der Waals surface area contributed by atoms with Gasteiger partial charge in [-0.15, -0.1) is 0 Å². The first-order chi connectivity index (χ1) is 6.59. The molecule has 0 saturated heterocycles. The van der Waals surface area contributed by atoms with Crippen LogP contribution >= 0.6 is 0 Å². The van der Waals surface area contributed by atoms with Crippen LogP contribution in [-0.2, 0) is 0 Å². The Hall–Kier alpha value is -1.38. The van der Waals surface area contributed by atoms with Crippen molar-refractivity contribution >= 4 is 5.70 Å². The van der Waals surface area contributed by atoms with Gasteiger partial charge in [-0.05, 0) is 18.4 Å². The van der Waals surface area contributed by atoms with Crippen LogP contribution < -0.4 is 5.32 Å². The summed E-state index contributed by atoms with van der Waals surface area (Å²) in [6.45, 7) is 11.1. The van der Waals surface area contributed by atoms with E-state index in [0.29, 0.717) is 11.7 Å². The molecule has 0 aliphatic heterocycles. The van der Waals surface area contributed by atoms with E-state index in [0.717, 1.165) is 17.8 Å². The summed E-state index contributed by atoms with van der Waals surface area (Å²) in [5.74, 6) is 1.27. The molecule has 0 radical (unpaired) electrons. The van der Waals surface area contributed by atoms with Gasteiger partial charge >= 0.3 is 0 Å². The summed E-state index contributed by atoms with van der Waals surface area (Å²) < 4.78 is 0. The van der Waals surface area contributed by atoms with Gasteiger partial charge in [0.1, 0.15) is 0 Å². The molecule has 1 N–H and O–H groups in total. The SMILES string of the molecule is C=C(NCC(C)C)c1ncc(C)cn1. The van der Waals surface area contributed by atoms with Crippen molar-refractivity contribution in [1.82, 2.24) is 15.3 Å². The van der Waals surface area contributed by atoms with Crippen molar-refractivity contribution in [2.24, 2.45) is 5.92 Å². The molecular weight excluding hydrogens is 174 g/mol. The lowest BCUT2D eigenvalue weighted by Gasteiger charge is -2.10. The average molecular weight is 191 g/mol. The first-order valence-corrected chi connectivity index (χ1v) is 4.81. The highest BCUT2D eigenvalue weighted by Gasteiger charge is 2.01. The molecule has 3 heteroatoms. The number of hydrogen-bond acceptors (Lipinski definition) is 3. The normalized spacial score (nSPS) is 10.3. The molecule has 0 aliphatic rings. The van der Waals surface area contributed by atoms with E-state index in [9.17, 15) is 0 Å². The zero-order valence-corrected chi connectivity index (χ0v) is 9.04. The molecule has 1 heterocycles. The number of aromatic nitrogens is 2. The molecule has 0 saturated carbocycles. The Kier molecular flexibility index (Phi) is 3.63. The van der Waals surface area contributed by atoms with E-state index in [2.05, 4.69) is 35.7 Å². The molecule has 0 fully saturated rings. The van der Waals surface area contributed by atoms with E-state index in [1.165, 1.54) is 0 Å². The summed E-state index contributed by atoms with van der Waals surface area (Å²) in [6.07, 6.45) is 3.59. The smallest absolute Gasteiger partial charge is 0.174 e. The first kappa shape index (κ1) is 10.7. The van der Waals surface area contributed by atoms with E-state index in [1.54, 1.807) is 12.4 Å². The highest BCUT2D eigenvalue weighted by Crippen LogP contribution is 2.03. The van der Waals surface area contributed by atoms with Gasteiger partial charge in [-0.3, -0.25) is 0 Å². The summed E-state index contributed by atoms with van der Waals surface area (Å²) in [5, 5.41) is 3.20. The molecular formula is C11H17N3. The molecule has 1 aromatic heterocycles. The van der Waals surface area contributed by atoms with Gasteiger partial charge < -0.3 is 5.32 Å². The van der Waals surface area contributed by atoms with E-state index in [1.807, 2.05) is 6.92 Å². The van der Waals surface area contributed by atoms with Gasteiger partial charge in [0.15, 0.2) is 5.82 Å². The van der Waals surface area contributed by atoms with Crippen molar-refractivity contribution in [3.63, 3.8) is 0 Å². The summed E-state index contributed by atoms with van der Waals surface area (Å²) in [5.41, 5.74) is 1.85. The van der Waals surface area contributed by atoms with Crippen LogP contribution in [0.4, 0.5) is 0 Å². The van der Waals surface area contributed by atoms with Gasteiger partial charge in [-0.2, -0.15) is 0 Å². The third-order valence-electron chi connectivity index (χ3n) is 1.77. The van der Waals surface area contributed by atoms with Crippen LogP contribution in [0.3, 0.4) is 0 Å². The lowest BCUT2D eigenvalue weighted by atomic mass is 10.2. The standard InChI is InChI=1S/C11H17N3/c1-8(2)5-12-10(4)11-13-6-9(3)7-14-11/h6-8,12H,4-5H2,1-3H3. The van der Waals surface area contributed by atoms with E-state index >= 15 is 0 Å². The van der Waals surface area contributed by atoms with Crippen LogP contribution in [0.15, 0.2) is 19.0 Å². The molecule has 0 aliphatic carbocycles. The van der Waals surface area contributed by atoms with Gasteiger partial charge in [-0.25, -0.2) is 9.97 Å². The Labute approximate surface area is 85.3 Å². The van der Waals surface area contributed by atoms with Crippen molar-refractivity contribution in [2.75, 3.05) is 6.54 Å². The van der Waals surface area contributed by atoms with Crippen molar-refractivity contribution in [3.05, 3.63) is 30.4 Å². The molecule has 0 bridgehead atoms. The summed E-state index contributed by atoms with van der Waals surface area (Å²) in [4.78, 5) is 8.37. The second-order valence-electron chi connectivity index (χ2n) is 3.84. The first-order valence-electron chi connectivity index (χ1n) is 4.81. The Morgan fingerprint density at radius 3 is 2.50 bits per heavy atom. The number of rotatable bonds is 4. The lowest BCUT2D eigenvalue weighted by Crippen LogP contribution is -2.18. The Morgan fingerprint density at radius 2 is 2.00 bits per heavy atom. The fourth-order valence-corrected chi connectivity index (χ4v) is 0.955. The summed E-state index contributed by atoms with van der Waals surface area (Å²) in [7, 11) is 0. The van der Waals surface area contributed by atoms with Crippen molar-refractivity contribution in [2.45, 2.75) is 20.8 Å². The van der Waals surface area contributed by atoms with Crippen LogP contribution in [0, 0.1) is 12.8 Å². The minimum absolute atomic E-state index is 0.595. The number of aryl methyl sites for hydroxylation is 1.